The van der Waals surface area contributed by atoms with Crippen molar-refractivity contribution >= 4 is 51.3 Å². The quantitative estimate of drug-likeness (QED) is 0.395. The van der Waals surface area contributed by atoms with Gasteiger partial charge in [-0.15, -0.1) is 0 Å². The van der Waals surface area contributed by atoms with Crippen LogP contribution in [0.4, 0.5) is 4.39 Å². The van der Waals surface area contributed by atoms with Crippen LogP contribution in [0.1, 0.15) is 16.9 Å². The molecule has 1 N–H and O–H groups in total. The molecule has 0 aliphatic carbocycles. The van der Waals surface area contributed by atoms with Crippen LogP contribution in [-0.2, 0) is 4.79 Å². The van der Waals surface area contributed by atoms with Gasteiger partial charge in [-0.2, -0.15) is 0 Å². The smallest absolute Gasteiger partial charge is 0.263 e. The zero-order valence-corrected chi connectivity index (χ0v) is 14.7. The first kappa shape index (κ1) is 16.5. The number of halogens is 1. The largest absolute Gasteiger partial charge is 0.455 e. The molecule has 4 rings (SSSR count). The second-order valence-corrected chi connectivity index (χ2v) is 7.09. The van der Waals surface area contributed by atoms with Gasteiger partial charge in [0.1, 0.15) is 15.9 Å². The average molecular weight is 380 g/mol. The number of nitrogens with one attached hydrogen (secondary N) is 1. The average Bonchev–Trinajstić information content (AvgIpc) is 3.15. The van der Waals surface area contributed by atoms with Crippen molar-refractivity contribution in [2.45, 2.75) is 0 Å². The fourth-order valence-corrected chi connectivity index (χ4v) is 3.42. The summed E-state index contributed by atoms with van der Waals surface area (Å²) in [4.78, 5) is 16.4. The van der Waals surface area contributed by atoms with Gasteiger partial charge in [0.25, 0.3) is 5.91 Å². The second-order valence-electron chi connectivity index (χ2n) is 5.37. The number of hydrogen-bond donors (Lipinski definition) is 1. The Hall–Kier alpha value is -2.95. The first-order valence-electron chi connectivity index (χ1n) is 7.48. The number of carbonyl (C=O) groups is 1. The Morgan fingerprint density at radius 2 is 2.15 bits per heavy atom. The summed E-state index contributed by atoms with van der Waals surface area (Å²) in [5, 5.41) is 3.31. The van der Waals surface area contributed by atoms with E-state index in [-0.39, 0.29) is 11.7 Å². The van der Waals surface area contributed by atoms with Crippen LogP contribution in [-0.4, -0.2) is 15.2 Å². The summed E-state index contributed by atoms with van der Waals surface area (Å²) in [6.07, 6.45) is 4.87. The number of hydrogen-bond acceptors (Lipinski definition) is 5. The SMILES string of the molecule is O=C1NC(=S)S/C1=C/c1cc2cncc(C#Cc3cccc(F)c3)c2o1. The molecular weight excluding hydrogens is 371 g/mol. The summed E-state index contributed by atoms with van der Waals surface area (Å²) >= 11 is 6.15. The van der Waals surface area contributed by atoms with Gasteiger partial charge in [0.2, 0.25) is 0 Å². The molecule has 1 amide bonds. The Labute approximate surface area is 157 Å². The summed E-state index contributed by atoms with van der Waals surface area (Å²) in [5.41, 5.74) is 1.70. The second kappa shape index (κ2) is 6.75. The van der Waals surface area contributed by atoms with E-state index in [4.69, 9.17) is 16.6 Å². The van der Waals surface area contributed by atoms with Gasteiger partial charge in [-0.3, -0.25) is 9.78 Å². The predicted molar refractivity (Wildman–Crippen MR) is 103 cm³/mol. The molecule has 0 spiro atoms. The van der Waals surface area contributed by atoms with Gasteiger partial charge in [0.15, 0.2) is 5.58 Å². The minimum Gasteiger partial charge on any atom is -0.455 e. The molecule has 1 fully saturated rings. The van der Waals surface area contributed by atoms with Crippen molar-refractivity contribution in [1.82, 2.24) is 10.3 Å². The summed E-state index contributed by atoms with van der Waals surface area (Å²) in [6.45, 7) is 0. The summed E-state index contributed by atoms with van der Waals surface area (Å²) in [5.74, 6) is 5.77. The molecule has 7 heteroatoms. The Balaban J connectivity index is 1.72. The normalized spacial score (nSPS) is 15.2. The lowest BCUT2D eigenvalue weighted by Gasteiger charge is -1.93. The predicted octanol–water partition coefficient (Wildman–Crippen LogP) is 3.86. The van der Waals surface area contributed by atoms with E-state index in [9.17, 15) is 9.18 Å². The molecule has 0 atom stereocenters. The van der Waals surface area contributed by atoms with Gasteiger partial charge in [-0.25, -0.2) is 4.39 Å². The zero-order valence-electron chi connectivity index (χ0n) is 13.1. The number of pyridine rings is 1. The lowest BCUT2D eigenvalue weighted by Crippen LogP contribution is -2.17. The number of aromatic nitrogens is 1. The van der Waals surface area contributed by atoms with Gasteiger partial charge < -0.3 is 9.73 Å². The van der Waals surface area contributed by atoms with E-state index < -0.39 is 0 Å². The molecule has 1 aliphatic heterocycles. The molecule has 3 aromatic rings. The van der Waals surface area contributed by atoms with Crippen LogP contribution in [0.2, 0.25) is 0 Å². The van der Waals surface area contributed by atoms with Crippen molar-refractivity contribution in [3.63, 3.8) is 0 Å². The summed E-state index contributed by atoms with van der Waals surface area (Å²) in [7, 11) is 0. The third-order valence-electron chi connectivity index (χ3n) is 3.52. The monoisotopic (exact) mass is 380 g/mol. The fraction of sp³-hybridized carbons (Fsp3) is 0. The first-order valence-corrected chi connectivity index (χ1v) is 8.71. The highest BCUT2D eigenvalue weighted by molar-refractivity contribution is 8.26. The Morgan fingerprint density at radius 3 is 2.92 bits per heavy atom. The molecular formula is C19H9FN2O2S2. The number of benzene rings is 1. The number of nitrogens with zero attached hydrogens (tertiary/aromatic N) is 1. The van der Waals surface area contributed by atoms with Gasteiger partial charge in [0, 0.05) is 29.4 Å². The van der Waals surface area contributed by atoms with Crippen LogP contribution < -0.4 is 5.32 Å². The Kier molecular flexibility index (Phi) is 4.29. The van der Waals surface area contributed by atoms with E-state index in [1.54, 1.807) is 36.7 Å². The van der Waals surface area contributed by atoms with Crippen molar-refractivity contribution in [2.75, 3.05) is 0 Å². The molecule has 4 nitrogen and oxygen atoms in total. The van der Waals surface area contributed by atoms with Crippen LogP contribution >= 0.6 is 24.0 Å². The molecule has 1 aromatic carbocycles. The number of thiocarbonyl (C=S) groups is 1. The van der Waals surface area contributed by atoms with Crippen LogP contribution in [0.25, 0.3) is 17.0 Å². The van der Waals surface area contributed by atoms with E-state index in [0.717, 1.165) is 5.39 Å². The Bertz CT molecular complexity index is 1160. The van der Waals surface area contributed by atoms with E-state index in [1.165, 1.54) is 23.9 Å². The number of amides is 1. The minimum atomic E-state index is -0.342. The van der Waals surface area contributed by atoms with Crippen molar-refractivity contribution in [1.29, 1.82) is 0 Å². The molecule has 126 valence electrons. The standard InChI is InChI=1S/C19H9FN2O2S2/c20-14-3-1-2-11(6-14)4-5-12-9-21-10-13-7-15(24-17(12)13)8-16-18(23)22-19(25)26-16/h1-3,6-10H,(H,22,23,25)/b16-8+. The lowest BCUT2D eigenvalue weighted by atomic mass is 10.2. The lowest BCUT2D eigenvalue weighted by molar-refractivity contribution is -0.115. The number of rotatable bonds is 1. The minimum absolute atomic E-state index is 0.246. The van der Waals surface area contributed by atoms with E-state index in [0.29, 0.717) is 31.7 Å². The van der Waals surface area contributed by atoms with E-state index in [1.807, 2.05) is 0 Å². The van der Waals surface area contributed by atoms with Crippen molar-refractivity contribution < 1.29 is 13.6 Å². The maximum atomic E-state index is 13.3. The van der Waals surface area contributed by atoms with Gasteiger partial charge >= 0.3 is 0 Å². The van der Waals surface area contributed by atoms with Crippen molar-refractivity contribution in [3.05, 3.63) is 70.3 Å². The summed E-state index contributed by atoms with van der Waals surface area (Å²) < 4.78 is 19.5. The third-order valence-corrected chi connectivity index (χ3v) is 4.69. The molecule has 3 heterocycles. The van der Waals surface area contributed by atoms with Gasteiger partial charge in [0.05, 0.1) is 10.5 Å². The highest BCUT2D eigenvalue weighted by Crippen LogP contribution is 2.29. The van der Waals surface area contributed by atoms with Crippen LogP contribution in [0.5, 0.6) is 0 Å². The van der Waals surface area contributed by atoms with E-state index >= 15 is 0 Å². The first-order chi connectivity index (χ1) is 12.6. The molecule has 0 bridgehead atoms. The van der Waals surface area contributed by atoms with Gasteiger partial charge in [-0.1, -0.05) is 41.9 Å². The van der Waals surface area contributed by atoms with Crippen LogP contribution in [0.3, 0.4) is 0 Å². The maximum Gasteiger partial charge on any atom is 0.263 e. The molecule has 2 aromatic heterocycles. The number of thioether (sulfide) groups is 1. The third kappa shape index (κ3) is 3.38. The van der Waals surface area contributed by atoms with Crippen LogP contribution in [0, 0.1) is 17.7 Å². The zero-order chi connectivity index (χ0) is 18.1. The van der Waals surface area contributed by atoms with Crippen LogP contribution in [0.15, 0.2) is 52.0 Å². The topological polar surface area (TPSA) is 55.1 Å². The molecule has 1 saturated heterocycles. The number of carbonyl (C=O) groups excluding carboxylic acids is 1. The Morgan fingerprint density at radius 1 is 1.27 bits per heavy atom. The van der Waals surface area contributed by atoms with E-state index in [2.05, 4.69) is 22.1 Å². The maximum absolute atomic E-state index is 13.3. The molecule has 0 unspecified atom stereocenters. The summed E-state index contributed by atoms with van der Waals surface area (Å²) in [6, 6.07) is 7.82. The highest BCUT2D eigenvalue weighted by atomic mass is 32.2. The molecule has 1 aliphatic rings. The van der Waals surface area contributed by atoms with Gasteiger partial charge in [-0.05, 0) is 24.3 Å². The molecule has 0 radical (unpaired) electrons. The highest BCUT2D eigenvalue weighted by Gasteiger charge is 2.22. The fourth-order valence-electron chi connectivity index (χ4n) is 2.40. The molecule has 26 heavy (non-hydrogen) atoms. The number of fused-ring (bicyclic) bond motifs is 1. The van der Waals surface area contributed by atoms with Crippen molar-refractivity contribution in [3.8, 4) is 11.8 Å². The van der Waals surface area contributed by atoms with Crippen molar-refractivity contribution in [2.24, 2.45) is 0 Å². The molecule has 0 saturated carbocycles. The number of furan rings is 1.